The Kier molecular flexibility index (Phi) is 5.56. The van der Waals surface area contributed by atoms with Gasteiger partial charge in [0.25, 0.3) is 0 Å². The van der Waals surface area contributed by atoms with E-state index in [4.69, 9.17) is 4.74 Å². The minimum Gasteiger partial charge on any atom is -0.396 e. The standard InChI is InChI=1S/C16H23NO3/c1-12(20-11-13-6-3-2-4-7-13)16(19)17-15-9-5-8-14(15)10-18/h2-4,6-7,12,14-15,18H,5,8-11H2,1H3,(H,17,19). The van der Waals surface area contributed by atoms with Gasteiger partial charge in [-0.25, -0.2) is 0 Å². The third kappa shape index (κ3) is 4.05. The van der Waals surface area contributed by atoms with Crippen molar-refractivity contribution in [3.05, 3.63) is 35.9 Å². The molecule has 4 nitrogen and oxygen atoms in total. The number of hydrogen-bond donors (Lipinski definition) is 2. The minimum absolute atomic E-state index is 0.0914. The van der Waals surface area contributed by atoms with Gasteiger partial charge in [-0.1, -0.05) is 36.8 Å². The van der Waals surface area contributed by atoms with Crippen LogP contribution < -0.4 is 5.32 Å². The van der Waals surface area contributed by atoms with Crippen LogP contribution in [0.15, 0.2) is 30.3 Å². The quantitative estimate of drug-likeness (QED) is 0.834. The summed E-state index contributed by atoms with van der Waals surface area (Å²) in [6.07, 6.45) is 2.52. The molecule has 3 unspecified atom stereocenters. The van der Waals surface area contributed by atoms with Crippen molar-refractivity contribution >= 4 is 5.91 Å². The van der Waals surface area contributed by atoms with Gasteiger partial charge in [0.15, 0.2) is 0 Å². The van der Waals surface area contributed by atoms with Crippen molar-refractivity contribution in [1.82, 2.24) is 5.32 Å². The maximum atomic E-state index is 12.1. The van der Waals surface area contributed by atoms with Crippen molar-refractivity contribution in [3.63, 3.8) is 0 Å². The van der Waals surface area contributed by atoms with Gasteiger partial charge in [0.1, 0.15) is 6.10 Å². The smallest absolute Gasteiger partial charge is 0.249 e. The number of amides is 1. The van der Waals surface area contributed by atoms with Gasteiger partial charge in [-0.05, 0) is 25.3 Å². The molecule has 1 fully saturated rings. The molecule has 1 aromatic carbocycles. The molecule has 1 aliphatic carbocycles. The highest BCUT2D eigenvalue weighted by Gasteiger charge is 2.29. The SMILES string of the molecule is CC(OCc1ccccc1)C(=O)NC1CCCC1CO. The molecule has 110 valence electrons. The first-order valence-corrected chi connectivity index (χ1v) is 7.27. The first-order valence-electron chi connectivity index (χ1n) is 7.27. The Morgan fingerprint density at radius 3 is 2.85 bits per heavy atom. The number of aliphatic hydroxyl groups is 1. The van der Waals surface area contributed by atoms with Gasteiger partial charge < -0.3 is 15.2 Å². The first-order chi connectivity index (χ1) is 9.70. The number of rotatable bonds is 6. The summed E-state index contributed by atoms with van der Waals surface area (Å²) in [7, 11) is 0. The summed E-state index contributed by atoms with van der Waals surface area (Å²) in [5.41, 5.74) is 1.06. The van der Waals surface area contributed by atoms with E-state index >= 15 is 0 Å². The third-order valence-corrected chi connectivity index (χ3v) is 3.93. The average molecular weight is 277 g/mol. The van der Waals surface area contributed by atoms with Gasteiger partial charge in [0.05, 0.1) is 6.61 Å². The summed E-state index contributed by atoms with van der Waals surface area (Å²) in [6.45, 7) is 2.34. The van der Waals surface area contributed by atoms with E-state index in [0.29, 0.717) is 6.61 Å². The van der Waals surface area contributed by atoms with Gasteiger partial charge in [0.2, 0.25) is 5.91 Å². The molecule has 0 aliphatic heterocycles. The second-order valence-electron chi connectivity index (χ2n) is 5.43. The molecule has 1 aromatic rings. The summed E-state index contributed by atoms with van der Waals surface area (Å²) >= 11 is 0. The monoisotopic (exact) mass is 277 g/mol. The number of nitrogens with one attached hydrogen (secondary N) is 1. The van der Waals surface area contributed by atoms with Gasteiger partial charge in [0, 0.05) is 18.6 Å². The summed E-state index contributed by atoms with van der Waals surface area (Å²) in [4.78, 5) is 12.1. The first kappa shape index (κ1) is 15.0. The van der Waals surface area contributed by atoms with E-state index in [0.717, 1.165) is 24.8 Å². The van der Waals surface area contributed by atoms with Gasteiger partial charge in [-0.2, -0.15) is 0 Å². The Morgan fingerprint density at radius 2 is 2.15 bits per heavy atom. The lowest BCUT2D eigenvalue weighted by molar-refractivity contribution is -0.133. The largest absolute Gasteiger partial charge is 0.396 e. The number of hydrogen-bond acceptors (Lipinski definition) is 3. The molecule has 0 aromatic heterocycles. The van der Waals surface area contributed by atoms with E-state index in [1.165, 1.54) is 0 Å². The lowest BCUT2D eigenvalue weighted by Gasteiger charge is -2.21. The highest BCUT2D eigenvalue weighted by atomic mass is 16.5. The van der Waals surface area contributed by atoms with Crippen LogP contribution in [0.4, 0.5) is 0 Å². The zero-order valence-electron chi connectivity index (χ0n) is 11.9. The molecule has 0 bridgehead atoms. The molecule has 2 N–H and O–H groups in total. The van der Waals surface area contributed by atoms with Crippen molar-refractivity contribution in [2.45, 2.75) is 44.9 Å². The number of carbonyl (C=O) groups excluding carboxylic acids is 1. The molecule has 4 heteroatoms. The maximum Gasteiger partial charge on any atom is 0.249 e. The van der Waals surface area contributed by atoms with Crippen LogP contribution in [0.5, 0.6) is 0 Å². The predicted octanol–water partition coefficient (Wildman–Crippen LogP) is 1.87. The summed E-state index contributed by atoms with van der Waals surface area (Å²) in [5.74, 6) is 0.103. The maximum absolute atomic E-state index is 12.1. The van der Waals surface area contributed by atoms with E-state index in [1.54, 1.807) is 6.92 Å². The predicted molar refractivity (Wildman–Crippen MR) is 77.1 cm³/mol. The third-order valence-electron chi connectivity index (χ3n) is 3.93. The Hall–Kier alpha value is -1.39. The molecular formula is C16H23NO3. The summed E-state index contributed by atoms with van der Waals surface area (Å²) in [6, 6.07) is 9.90. The van der Waals surface area contributed by atoms with E-state index in [2.05, 4.69) is 5.32 Å². The zero-order chi connectivity index (χ0) is 14.4. The normalized spacial score (nSPS) is 23.5. The lowest BCUT2D eigenvalue weighted by atomic mass is 10.0. The highest BCUT2D eigenvalue weighted by molar-refractivity contribution is 5.80. The van der Waals surface area contributed by atoms with Crippen LogP contribution in [-0.4, -0.2) is 29.8 Å². The van der Waals surface area contributed by atoms with Crippen molar-refractivity contribution in [3.8, 4) is 0 Å². The number of carbonyl (C=O) groups is 1. The van der Waals surface area contributed by atoms with Crippen LogP contribution in [0.1, 0.15) is 31.7 Å². The molecule has 1 saturated carbocycles. The van der Waals surface area contributed by atoms with E-state index in [1.807, 2.05) is 30.3 Å². The second-order valence-corrected chi connectivity index (χ2v) is 5.43. The van der Waals surface area contributed by atoms with Crippen molar-refractivity contribution in [2.75, 3.05) is 6.61 Å². The Labute approximate surface area is 120 Å². The van der Waals surface area contributed by atoms with Crippen LogP contribution >= 0.6 is 0 Å². The summed E-state index contributed by atoms with van der Waals surface area (Å²) in [5, 5.41) is 12.2. The zero-order valence-corrected chi connectivity index (χ0v) is 11.9. The Balaban J connectivity index is 1.77. The second kappa shape index (κ2) is 7.41. The fraction of sp³-hybridized carbons (Fsp3) is 0.562. The van der Waals surface area contributed by atoms with E-state index in [-0.39, 0.29) is 24.5 Å². The van der Waals surface area contributed by atoms with Crippen LogP contribution in [0, 0.1) is 5.92 Å². The number of ether oxygens (including phenoxy) is 1. The molecule has 2 rings (SSSR count). The van der Waals surface area contributed by atoms with Crippen LogP contribution in [-0.2, 0) is 16.1 Å². The van der Waals surface area contributed by atoms with Gasteiger partial charge in [-0.3, -0.25) is 4.79 Å². The van der Waals surface area contributed by atoms with Crippen molar-refractivity contribution < 1.29 is 14.6 Å². The Bertz CT molecular complexity index is 421. The van der Waals surface area contributed by atoms with Crippen LogP contribution in [0.2, 0.25) is 0 Å². The molecule has 0 radical (unpaired) electrons. The van der Waals surface area contributed by atoms with Gasteiger partial charge in [-0.15, -0.1) is 0 Å². The number of aliphatic hydroxyl groups excluding tert-OH is 1. The molecule has 20 heavy (non-hydrogen) atoms. The highest BCUT2D eigenvalue weighted by Crippen LogP contribution is 2.25. The van der Waals surface area contributed by atoms with E-state index in [9.17, 15) is 9.90 Å². The lowest BCUT2D eigenvalue weighted by Crippen LogP contribution is -2.43. The summed E-state index contributed by atoms with van der Waals surface area (Å²) < 4.78 is 5.59. The molecule has 1 aliphatic rings. The topological polar surface area (TPSA) is 58.6 Å². The van der Waals surface area contributed by atoms with Crippen molar-refractivity contribution in [2.24, 2.45) is 5.92 Å². The average Bonchev–Trinajstić information content (AvgIpc) is 2.93. The van der Waals surface area contributed by atoms with E-state index < -0.39 is 6.10 Å². The van der Waals surface area contributed by atoms with Crippen LogP contribution in [0.25, 0.3) is 0 Å². The molecule has 0 spiro atoms. The molecule has 0 heterocycles. The number of benzene rings is 1. The van der Waals surface area contributed by atoms with Crippen molar-refractivity contribution in [1.29, 1.82) is 0 Å². The Morgan fingerprint density at radius 1 is 1.40 bits per heavy atom. The fourth-order valence-corrected chi connectivity index (χ4v) is 2.62. The molecule has 0 saturated heterocycles. The van der Waals surface area contributed by atoms with Crippen LogP contribution in [0.3, 0.4) is 0 Å². The minimum atomic E-state index is -0.477. The van der Waals surface area contributed by atoms with Gasteiger partial charge >= 0.3 is 0 Å². The molecular weight excluding hydrogens is 254 g/mol. The fourth-order valence-electron chi connectivity index (χ4n) is 2.62. The molecule has 1 amide bonds. The molecule has 3 atom stereocenters.